The van der Waals surface area contributed by atoms with Crippen molar-refractivity contribution in [3.63, 3.8) is 0 Å². The minimum Gasteiger partial charge on any atom is -0.324 e. The summed E-state index contributed by atoms with van der Waals surface area (Å²) in [4.78, 5) is 6.34. The molecule has 0 aliphatic heterocycles. The summed E-state index contributed by atoms with van der Waals surface area (Å²) in [6.07, 6.45) is 4.46. The van der Waals surface area contributed by atoms with E-state index in [-0.39, 0.29) is 11.5 Å². The van der Waals surface area contributed by atoms with Crippen molar-refractivity contribution in [2.24, 2.45) is 11.7 Å². The molecule has 1 aromatic carbocycles. The zero-order valence-electron chi connectivity index (χ0n) is 14.7. The smallest absolute Gasteiger partial charge is 0.0950 e. The summed E-state index contributed by atoms with van der Waals surface area (Å²) in [7, 11) is 0. The molecule has 1 aromatic heterocycles. The number of benzene rings is 1. The number of hydrogen-bond donors (Lipinski definition) is 1. The third-order valence-corrected chi connectivity index (χ3v) is 5.97. The summed E-state index contributed by atoms with van der Waals surface area (Å²) >= 11 is 1.88. The van der Waals surface area contributed by atoms with Crippen molar-refractivity contribution >= 4 is 11.3 Å². The predicted octanol–water partition coefficient (Wildman–Crippen LogP) is 4.81. The van der Waals surface area contributed by atoms with Crippen molar-refractivity contribution in [3.8, 4) is 0 Å². The van der Waals surface area contributed by atoms with Gasteiger partial charge in [0.1, 0.15) is 0 Å². The summed E-state index contributed by atoms with van der Waals surface area (Å²) in [6, 6.07) is 8.82. The van der Waals surface area contributed by atoms with Gasteiger partial charge in [-0.1, -0.05) is 52.0 Å². The molecule has 2 aromatic rings. The monoisotopic (exact) mass is 328 g/mol. The molecule has 0 saturated carbocycles. The summed E-state index contributed by atoms with van der Waals surface area (Å²) in [5, 5.41) is 1.21. The van der Waals surface area contributed by atoms with Crippen LogP contribution in [0.1, 0.15) is 66.9 Å². The highest BCUT2D eigenvalue weighted by Gasteiger charge is 2.21. The molecular formula is C20H28N2S. The second-order valence-corrected chi connectivity index (χ2v) is 9.18. The van der Waals surface area contributed by atoms with Gasteiger partial charge in [-0.2, -0.15) is 0 Å². The predicted molar refractivity (Wildman–Crippen MR) is 99.1 cm³/mol. The lowest BCUT2D eigenvalue weighted by molar-refractivity contribution is 0.501. The van der Waals surface area contributed by atoms with E-state index in [0.29, 0.717) is 0 Å². The van der Waals surface area contributed by atoms with Gasteiger partial charge in [-0.05, 0) is 41.7 Å². The summed E-state index contributed by atoms with van der Waals surface area (Å²) < 4.78 is 0. The highest BCUT2D eigenvalue weighted by Crippen LogP contribution is 2.31. The molecule has 1 aliphatic carbocycles. The first-order chi connectivity index (χ1) is 10.8. The molecule has 1 aliphatic rings. The van der Waals surface area contributed by atoms with Crippen LogP contribution in [-0.2, 0) is 24.7 Å². The molecule has 124 valence electrons. The van der Waals surface area contributed by atoms with Gasteiger partial charge in [0.05, 0.1) is 10.7 Å². The first kappa shape index (κ1) is 16.7. The Morgan fingerprint density at radius 1 is 1.26 bits per heavy atom. The van der Waals surface area contributed by atoms with Crippen LogP contribution < -0.4 is 5.73 Å². The van der Waals surface area contributed by atoms with Crippen LogP contribution in [0.15, 0.2) is 24.3 Å². The Morgan fingerprint density at radius 3 is 2.61 bits per heavy atom. The second kappa shape index (κ2) is 6.37. The van der Waals surface area contributed by atoms with E-state index in [4.69, 9.17) is 10.7 Å². The molecule has 1 heterocycles. The van der Waals surface area contributed by atoms with Gasteiger partial charge in [0.2, 0.25) is 0 Å². The van der Waals surface area contributed by atoms with Gasteiger partial charge in [0.25, 0.3) is 0 Å². The zero-order chi connectivity index (χ0) is 16.6. The highest BCUT2D eigenvalue weighted by molar-refractivity contribution is 7.11. The lowest BCUT2D eigenvalue weighted by Crippen LogP contribution is -2.15. The molecule has 2 N–H and O–H groups in total. The Kier molecular flexibility index (Phi) is 4.61. The maximum absolute atomic E-state index is 6.44. The number of fused-ring (bicyclic) bond motifs is 1. The van der Waals surface area contributed by atoms with Crippen molar-refractivity contribution < 1.29 is 0 Å². The van der Waals surface area contributed by atoms with E-state index >= 15 is 0 Å². The molecule has 0 fully saturated rings. The number of aryl methyl sites for hydroxylation is 1. The van der Waals surface area contributed by atoms with Gasteiger partial charge in [-0.25, -0.2) is 4.98 Å². The highest BCUT2D eigenvalue weighted by atomic mass is 32.1. The number of hydrogen-bond acceptors (Lipinski definition) is 3. The molecule has 3 rings (SSSR count). The maximum Gasteiger partial charge on any atom is 0.0950 e. The van der Waals surface area contributed by atoms with Gasteiger partial charge < -0.3 is 5.73 Å². The van der Waals surface area contributed by atoms with Crippen molar-refractivity contribution in [2.45, 2.75) is 64.8 Å². The molecular weight excluding hydrogens is 300 g/mol. The molecule has 2 nitrogen and oxygen atoms in total. The minimum absolute atomic E-state index is 0.0362. The SMILES string of the molecule is CC1CCc2nc(CC(N)c3ccc(C(C)(C)C)cc3)sc2C1. The third kappa shape index (κ3) is 3.84. The van der Waals surface area contributed by atoms with Crippen LogP contribution in [0, 0.1) is 5.92 Å². The van der Waals surface area contributed by atoms with Crippen LogP contribution >= 0.6 is 11.3 Å². The van der Waals surface area contributed by atoms with Crippen LogP contribution in [0.2, 0.25) is 0 Å². The Labute approximate surface area is 144 Å². The Bertz CT molecular complexity index is 664. The maximum atomic E-state index is 6.44. The average molecular weight is 329 g/mol. The first-order valence-electron chi connectivity index (χ1n) is 8.66. The van der Waals surface area contributed by atoms with E-state index in [1.807, 2.05) is 11.3 Å². The topological polar surface area (TPSA) is 38.9 Å². The van der Waals surface area contributed by atoms with E-state index < -0.39 is 0 Å². The number of nitrogens with zero attached hydrogens (tertiary/aromatic N) is 1. The number of nitrogens with two attached hydrogens (primary N) is 1. The van der Waals surface area contributed by atoms with E-state index in [1.54, 1.807) is 0 Å². The van der Waals surface area contributed by atoms with Crippen molar-refractivity contribution in [3.05, 3.63) is 51.0 Å². The normalized spacial score (nSPS) is 19.4. The van der Waals surface area contributed by atoms with Crippen LogP contribution in [0.25, 0.3) is 0 Å². The fourth-order valence-corrected chi connectivity index (χ4v) is 4.55. The van der Waals surface area contributed by atoms with Gasteiger partial charge in [-0.3, -0.25) is 0 Å². The van der Waals surface area contributed by atoms with Crippen LogP contribution in [-0.4, -0.2) is 4.98 Å². The summed E-state index contributed by atoms with van der Waals surface area (Å²) in [6.45, 7) is 9.06. The molecule has 0 saturated heterocycles. The summed E-state index contributed by atoms with van der Waals surface area (Å²) in [5.74, 6) is 0.800. The number of thiazole rings is 1. The zero-order valence-corrected chi connectivity index (χ0v) is 15.5. The van der Waals surface area contributed by atoms with E-state index in [2.05, 4.69) is 52.0 Å². The van der Waals surface area contributed by atoms with Crippen LogP contribution in [0.4, 0.5) is 0 Å². The number of aromatic nitrogens is 1. The van der Waals surface area contributed by atoms with Gasteiger partial charge >= 0.3 is 0 Å². The first-order valence-corrected chi connectivity index (χ1v) is 9.48. The van der Waals surface area contributed by atoms with Gasteiger partial charge in [-0.15, -0.1) is 11.3 Å². The quantitative estimate of drug-likeness (QED) is 0.878. The lowest BCUT2D eigenvalue weighted by Gasteiger charge is -2.20. The van der Waals surface area contributed by atoms with Gasteiger partial charge in [0, 0.05) is 17.3 Å². The fraction of sp³-hybridized carbons (Fsp3) is 0.550. The van der Waals surface area contributed by atoms with E-state index in [9.17, 15) is 0 Å². The minimum atomic E-state index is 0.0362. The Hall–Kier alpha value is -1.19. The van der Waals surface area contributed by atoms with E-state index in [0.717, 1.165) is 18.8 Å². The van der Waals surface area contributed by atoms with Crippen molar-refractivity contribution in [1.29, 1.82) is 0 Å². The summed E-state index contributed by atoms with van der Waals surface area (Å²) in [5.41, 5.74) is 10.5. The standard InChI is InChI=1S/C20H28N2S/c1-13-5-10-17-18(11-13)23-19(22-17)12-16(21)14-6-8-15(9-7-14)20(2,3)4/h6-9,13,16H,5,10-12,21H2,1-4H3. The molecule has 2 atom stereocenters. The molecule has 0 spiro atoms. The Balaban J connectivity index is 1.71. The van der Waals surface area contributed by atoms with E-state index in [1.165, 1.54) is 39.5 Å². The number of rotatable bonds is 3. The molecule has 0 radical (unpaired) electrons. The fourth-order valence-electron chi connectivity index (χ4n) is 3.22. The van der Waals surface area contributed by atoms with Crippen molar-refractivity contribution in [2.75, 3.05) is 0 Å². The van der Waals surface area contributed by atoms with Crippen LogP contribution in [0.5, 0.6) is 0 Å². The third-order valence-electron chi connectivity index (χ3n) is 4.83. The van der Waals surface area contributed by atoms with Crippen LogP contribution in [0.3, 0.4) is 0 Å². The molecule has 23 heavy (non-hydrogen) atoms. The molecule has 0 bridgehead atoms. The Morgan fingerprint density at radius 2 is 1.96 bits per heavy atom. The molecule has 2 unspecified atom stereocenters. The van der Waals surface area contributed by atoms with Crippen molar-refractivity contribution in [1.82, 2.24) is 4.98 Å². The lowest BCUT2D eigenvalue weighted by atomic mass is 9.86. The second-order valence-electron chi connectivity index (χ2n) is 8.01. The average Bonchev–Trinajstić information content (AvgIpc) is 2.87. The van der Waals surface area contributed by atoms with Gasteiger partial charge in [0.15, 0.2) is 0 Å². The molecule has 0 amide bonds. The molecule has 3 heteroatoms. The largest absolute Gasteiger partial charge is 0.324 e.